The second-order valence-corrected chi connectivity index (χ2v) is 5.65. The molecule has 1 rings (SSSR count). The lowest BCUT2D eigenvalue weighted by Gasteiger charge is -2.20. The maximum atomic E-state index is 9.94. The molecule has 0 saturated carbocycles. The Morgan fingerprint density at radius 2 is 1.86 bits per heavy atom. The summed E-state index contributed by atoms with van der Waals surface area (Å²) in [6.07, 6.45) is 7.02. The van der Waals surface area contributed by atoms with Crippen LogP contribution in [0.25, 0.3) is 0 Å². The Hall–Kier alpha value is -0.460. The van der Waals surface area contributed by atoms with E-state index in [-0.39, 0.29) is 6.61 Å². The van der Waals surface area contributed by atoms with Crippen LogP contribution in [0, 0.1) is 0 Å². The summed E-state index contributed by atoms with van der Waals surface area (Å²) in [5, 5.41) is 28.3. The lowest BCUT2D eigenvalue weighted by Crippen LogP contribution is -2.41. The first-order chi connectivity index (χ1) is 10.2. The number of unbranched alkanes of at least 4 members (excludes halogenated alkanes) is 6. The van der Waals surface area contributed by atoms with Gasteiger partial charge in [0.15, 0.2) is 0 Å². The fourth-order valence-electron chi connectivity index (χ4n) is 2.54. The minimum Gasteiger partial charge on any atom is -0.394 e. The van der Waals surface area contributed by atoms with Crippen LogP contribution in [0.15, 0.2) is 12.7 Å². The van der Waals surface area contributed by atoms with Gasteiger partial charge in [-0.1, -0.05) is 31.8 Å². The van der Waals surface area contributed by atoms with Crippen LogP contribution in [-0.2, 0) is 9.47 Å². The van der Waals surface area contributed by atoms with Gasteiger partial charge in [0.05, 0.1) is 13.2 Å². The predicted molar refractivity (Wildman–Crippen MR) is 81.1 cm³/mol. The van der Waals surface area contributed by atoms with E-state index in [1.165, 1.54) is 25.7 Å². The van der Waals surface area contributed by atoms with Crippen molar-refractivity contribution >= 4 is 0 Å². The van der Waals surface area contributed by atoms with E-state index in [9.17, 15) is 10.2 Å². The number of aliphatic hydroxyl groups excluding tert-OH is 3. The maximum Gasteiger partial charge on any atom is 0.114 e. The van der Waals surface area contributed by atoms with E-state index >= 15 is 0 Å². The van der Waals surface area contributed by atoms with Crippen LogP contribution in [0.3, 0.4) is 0 Å². The van der Waals surface area contributed by atoms with Gasteiger partial charge in [-0.3, -0.25) is 0 Å². The lowest BCUT2D eigenvalue weighted by molar-refractivity contribution is -0.0730. The first kappa shape index (κ1) is 18.6. The minimum atomic E-state index is -1.05. The summed E-state index contributed by atoms with van der Waals surface area (Å²) >= 11 is 0. The number of aliphatic hydroxyl groups is 3. The molecule has 4 atom stereocenters. The average molecular weight is 302 g/mol. The van der Waals surface area contributed by atoms with Gasteiger partial charge in [-0.15, -0.1) is 6.58 Å². The second-order valence-electron chi connectivity index (χ2n) is 5.65. The average Bonchev–Trinajstić information content (AvgIpc) is 2.86. The topological polar surface area (TPSA) is 79.2 Å². The number of allylic oxidation sites excluding steroid dienone is 1. The number of hydrogen-bond acceptors (Lipinski definition) is 5. The Morgan fingerprint density at radius 3 is 2.52 bits per heavy atom. The Bertz CT molecular complexity index is 271. The molecule has 0 aromatic heterocycles. The highest BCUT2D eigenvalue weighted by molar-refractivity contribution is 4.88. The number of rotatable bonds is 12. The largest absolute Gasteiger partial charge is 0.394 e. The molecule has 0 aromatic rings. The van der Waals surface area contributed by atoms with Crippen molar-refractivity contribution in [2.45, 2.75) is 69.4 Å². The summed E-state index contributed by atoms with van der Waals surface area (Å²) in [5.41, 5.74) is 0. The Labute approximate surface area is 127 Å². The van der Waals surface area contributed by atoms with Gasteiger partial charge in [0, 0.05) is 6.61 Å². The molecule has 5 nitrogen and oxygen atoms in total. The zero-order valence-electron chi connectivity index (χ0n) is 12.8. The third kappa shape index (κ3) is 6.89. The molecular weight excluding hydrogens is 272 g/mol. The van der Waals surface area contributed by atoms with Gasteiger partial charge in [0.25, 0.3) is 0 Å². The molecule has 124 valence electrons. The van der Waals surface area contributed by atoms with Crippen LogP contribution in [0.5, 0.6) is 0 Å². The summed E-state index contributed by atoms with van der Waals surface area (Å²) in [4.78, 5) is 0. The molecule has 1 heterocycles. The molecule has 0 spiro atoms. The number of hydrogen-bond donors (Lipinski definition) is 3. The highest BCUT2D eigenvalue weighted by Crippen LogP contribution is 2.20. The molecule has 1 aliphatic heterocycles. The summed E-state index contributed by atoms with van der Waals surface area (Å²) in [5.74, 6) is 0. The van der Waals surface area contributed by atoms with Gasteiger partial charge in [-0.25, -0.2) is 0 Å². The highest BCUT2D eigenvalue weighted by Gasteiger charge is 2.40. The van der Waals surface area contributed by atoms with Gasteiger partial charge in [-0.2, -0.15) is 0 Å². The lowest BCUT2D eigenvalue weighted by atomic mass is 10.1. The van der Waals surface area contributed by atoms with Crippen LogP contribution in [0.2, 0.25) is 0 Å². The third-order valence-electron chi connectivity index (χ3n) is 3.87. The number of ether oxygens (including phenoxy) is 2. The van der Waals surface area contributed by atoms with Crippen LogP contribution >= 0.6 is 0 Å². The first-order valence-electron chi connectivity index (χ1n) is 8.01. The summed E-state index contributed by atoms with van der Waals surface area (Å²) in [6, 6.07) is 0. The van der Waals surface area contributed by atoms with Crippen LogP contribution in [0.4, 0.5) is 0 Å². The minimum absolute atomic E-state index is 0.268. The first-order valence-corrected chi connectivity index (χ1v) is 8.01. The van der Waals surface area contributed by atoms with Crippen LogP contribution < -0.4 is 0 Å². The van der Waals surface area contributed by atoms with E-state index in [1.807, 2.05) is 6.08 Å². The molecule has 1 saturated heterocycles. The van der Waals surface area contributed by atoms with Crippen molar-refractivity contribution in [1.82, 2.24) is 0 Å². The summed E-state index contributed by atoms with van der Waals surface area (Å²) in [6.45, 7) is 4.16. The molecular formula is C16H30O5. The fraction of sp³-hybridized carbons (Fsp3) is 0.875. The summed E-state index contributed by atoms with van der Waals surface area (Å²) < 4.78 is 10.9. The molecule has 0 radical (unpaired) electrons. The molecule has 3 N–H and O–H groups in total. The Balaban J connectivity index is 1.99. The quantitative estimate of drug-likeness (QED) is 0.375. The monoisotopic (exact) mass is 302 g/mol. The van der Waals surface area contributed by atoms with Crippen molar-refractivity contribution in [3.05, 3.63) is 12.7 Å². The van der Waals surface area contributed by atoms with E-state index in [1.54, 1.807) is 0 Å². The summed E-state index contributed by atoms with van der Waals surface area (Å²) in [7, 11) is 0. The highest BCUT2D eigenvalue weighted by atomic mass is 16.6. The van der Waals surface area contributed by atoms with Crippen LogP contribution in [-0.4, -0.2) is 59.6 Å². The van der Waals surface area contributed by atoms with Crippen LogP contribution in [0.1, 0.15) is 44.9 Å². The second kappa shape index (κ2) is 11.2. The van der Waals surface area contributed by atoms with Crippen molar-refractivity contribution in [2.24, 2.45) is 0 Å². The molecule has 21 heavy (non-hydrogen) atoms. The smallest absolute Gasteiger partial charge is 0.114 e. The van der Waals surface area contributed by atoms with E-state index < -0.39 is 31.0 Å². The normalized spacial score (nSPS) is 26.9. The SMILES string of the molecule is C=CCCCCCCCCO[C@H]1CO[C@H]([C@H](O)CO)[C@@H]1O. The molecule has 0 aromatic carbocycles. The predicted octanol–water partition coefficient (Wildman–Crippen LogP) is 1.40. The van der Waals surface area contributed by atoms with Crippen molar-refractivity contribution in [1.29, 1.82) is 0 Å². The van der Waals surface area contributed by atoms with E-state index in [0.29, 0.717) is 6.61 Å². The van der Waals surface area contributed by atoms with Crippen molar-refractivity contribution in [3.63, 3.8) is 0 Å². The standard InChI is InChI=1S/C16H30O5/c1-2-3-4-5-6-7-8-9-10-20-14-12-21-16(15(14)19)13(18)11-17/h2,13-19H,1,3-12H2/t13-,14+,15-,16-/m1/s1. The molecule has 0 amide bonds. The Morgan fingerprint density at radius 1 is 1.19 bits per heavy atom. The van der Waals surface area contributed by atoms with Gasteiger partial charge in [0.2, 0.25) is 0 Å². The van der Waals surface area contributed by atoms with Gasteiger partial charge in [-0.05, 0) is 19.3 Å². The molecule has 0 unspecified atom stereocenters. The van der Waals surface area contributed by atoms with Gasteiger partial charge in [0.1, 0.15) is 24.4 Å². The van der Waals surface area contributed by atoms with Gasteiger partial charge >= 0.3 is 0 Å². The Kier molecular flexibility index (Phi) is 9.87. The van der Waals surface area contributed by atoms with Crippen molar-refractivity contribution < 1.29 is 24.8 Å². The fourth-order valence-corrected chi connectivity index (χ4v) is 2.54. The zero-order valence-corrected chi connectivity index (χ0v) is 12.8. The molecule has 0 aliphatic carbocycles. The molecule has 0 bridgehead atoms. The van der Waals surface area contributed by atoms with E-state index in [4.69, 9.17) is 14.6 Å². The van der Waals surface area contributed by atoms with E-state index in [2.05, 4.69) is 6.58 Å². The maximum absolute atomic E-state index is 9.94. The van der Waals surface area contributed by atoms with Crippen molar-refractivity contribution in [3.8, 4) is 0 Å². The van der Waals surface area contributed by atoms with E-state index in [0.717, 1.165) is 19.3 Å². The van der Waals surface area contributed by atoms with Gasteiger partial charge < -0.3 is 24.8 Å². The third-order valence-corrected chi connectivity index (χ3v) is 3.87. The molecule has 1 aliphatic rings. The zero-order chi connectivity index (χ0) is 15.5. The van der Waals surface area contributed by atoms with Crippen molar-refractivity contribution in [2.75, 3.05) is 19.8 Å². The molecule has 1 fully saturated rings. The molecule has 5 heteroatoms.